The summed E-state index contributed by atoms with van der Waals surface area (Å²) in [5.41, 5.74) is -0.604. The maximum Gasteiger partial charge on any atom is 0.259 e. The minimum atomic E-state index is -0.991. The van der Waals surface area contributed by atoms with Crippen molar-refractivity contribution >= 4 is 5.91 Å². The maximum atomic E-state index is 14.4. The Balaban J connectivity index is 1.74. The van der Waals surface area contributed by atoms with Crippen LogP contribution in [0.2, 0.25) is 0 Å². The van der Waals surface area contributed by atoms with Gasteiger partial charge in [-0.25, -0.2) is 8.78 Å². The van der Waals surface area contributed by atoms with E-state index in [0.717, 1.165) is 31.8 Å². The second-order valence-electron chi connectivity index (χ2n) is 6.76. The van der Waals surface area contributed by atoms with E-state index in [9.17, 15) is 18.7 Å². The van der Waals surface area contributed by atoms with Gasteiger partial charge in [0.1, 0.15) is 11.4 Å². The molecule has 6 nitrogen and oxygen atoms in total. The van der Waals surface area contributed by atoms with Gasteiger partial charge in [0.05, 0.1) is 20.3 Å². The van der Waals surface area contributed by atoms with Crippen molar-refractivity contribution in [1.82, 2.24) is 9.80 Å². The molecule has 0 saturated carbocycles. The van der Waals surface area contributed by atoms with E-state index in [1.807, 2.05) is 0 Å². The molecule has 1 aromatic rings. The molecule has 2 aliphatic rings. The van der Waals surface area contributed by atoms with Crippen molar-refractivity contribution in [2.24, 2.45) is 11.8 Å². The standard InChI is InChI=1S/C18H24F2N2O4/c1-25-15-3-2-14(19)16(17(15)20)18(24)22-9-12(13(10-22)11-23)8-21-4-6-26-7-5-21/h2-3,12-13,23H,4-11H2,1H3/t12-,13-/m1/s1. The molecule has 1 N–H and O–H groups in total. The fourth-order valence-corrected chi connectivity index (χ4v) is 3.68. The van der Waals surface area contributed by atoms with Crippen LogP contribution in [0.3, 0.4) is 0 Å². The summed E-state index contributed by atoms with van der Waals surface area (Å²) >= 11 is 0. The molecule has 2 atom stereocenters. The van der Waals surface area contributed by atoms with Crippen LogP contribution < -0.4 is 4.74 Å². The lowest BCUT2D eigenvalue weighted by Gasteiger charge is -2.30. The number of aliphatic hydroxyl groups excluding tert-OH is 1. The molecule has 1 amide bonds. The van der Waals surface area contributed by atoms with Gasteiger partial charge in [0.15, 0.2) is 11.6 Å². The number of carbonyl (C=O) groups is 1. The predicted octanol–water partition coefficient (Wildman–Crippen LogP) is 0.986. The lowest BCUT2D eigenvalue weighted by Crippen LogP contribution is -2.41. The summed E-state index contributed by atoms with van der Waals surface area (Å²) in [6, 6.07) is 2.18. The smallest absolute Gasteiger partial charge is 0.259 e. The van der Waals surface area contributed by atoms with E-state index in [4.69, 9.17) is 9.47 Å². The molecule has 26 heavy (non-hydrogen) atoms. The molecule has 1 aromatic carbocycles. The first-order valence-electron chi connectivity index (χ1n) is 8.77. The zero-order chi connectivity index (χ0) is 18.7. The number of aliphatic hydroxyl groups is 1. The predicted molar refractivity (Wildman–Crippen MR) is 90.1 cm³/mol. The molecule has 2 saturated heterocycles. The number of methoxy groups -OCH3 is 1. The van der Waals surface area contributed by atoms with Crippen molar-refractivity contribution in [3.05, 3.63) is 29.3 Å². The molecule has 0 aromatic heterocycles. The Kier molecular flexibility index (Phi) is 6.05. The lowest BCUT2D eigenvalue weighted by atomic mass is 9.96. The van der Waals surface area contributed by atoms with Gasteiger partial charge < -0.3 is 19.5 Å². The number of nitrogens with zero attached hydrogens (tertiary/aromatic N) is 2. The minimum Gasteiger partial charge on any atom is -0.494 e. The third-order valence-corrected chi connectivity index (χ3v) is 5.18. The van der Waals surface area contributed by atoms with Gasteiger partial charge in [-0.3, -0.25) is 9.69 Å². The molecule has 0 aliphatic carbocycles. The highest BCUT2D eigenvalue weighted by Crippen LogP contribution is 2.29. The monoisotopic (exact) mass is 370 g/mol. The number of likely N-dealkylation sites (tertiary alicyclic amines) is 1. The second kappa shape index (κ2) is 8.28. The van der Waals surface area contributed by atoms with E-state index < -0.39 is 23.1 Å². The maximum absolute atomic E-state index is 14.4. The Bertz CT molecular complexity index is 652. The number of morpholine rings is 1. The van der Waals surface area contributed by atoms with E-state index >= 15 is 0 Å². The van der Waals surface area contributed by atoms with Crippen molar-refractivity contribution in [2.45, 2.75) is 0 Å². The molecule has 2 fully saturated rings. The van der Waals surface area contributed by atoms with Gasteiger partial charge in [-0.1, -0.05) is 0 Å². The van der Waals surface area contributed by atoms with Crippen LogP contribution in [0.15, 0.2) is 12.1 Å². The van der Waals surface area contributed by atoms with Crippen molar-refractivity contribution in [1.29, 1.82) is 0 Å². The Hall–Kier alpha value is -1.77. The average Bonchev–Trinajstić information content (AvgIpc) is 3.05. The van der Waals surface area contributed by atoms with Gasteiger partial charge in [0.25, 0.3) is 5.91 Å². The highest BCUT2D eigenvalue weighted by Gasteiger charge is 2.38. The highest BCUT2D eigenvalue weighted by atomic mass is 19.1. The molecule has 2 aliphatic heterocycles. The van der Waals surface area contributed by atoms with Crippen molar-refractivity contribution in [3.8, 4) is 5.75 Å². The minimum absolute atomic E-state index is 0.0544. The molecule has 0 unspecified atom stereocenters. The van der Waals surface area contributed by atoms with Gasteiger partial charge in [-0.05, 0) is 18.1 Å². The second-order valence-corrected chi connectivity index (χ2v) is 6.76. The number of carbonyl (C=O) groups excluding carboxylic acids is 1. The van der Waals surface area contributed by atoms with Crippen LogP contribution in [0.5, 0.6) is 5.75 Å². The fraction of sp³-hybridized carbons (Fsp3) is 0.611. The van der Waals surface area contributed by atoms with Crippen LogP contribution in [0.4, 0.5) is 8.78 Å². The first-order chi connectivity index (χ1) is 12.5. The summed E-state index contributed by atoms with van der Waals surface area (Å²) in [5, 5.41) is 9.68. The van der Waals surface area contributed by atoms with Crippen molar-refractivity contribution in [3.63, 3.8) is 0 Å². The number of rotatable bonds is 5. The van der Waals surface area contributed by atoms with Crippen LogP contribution in [-0.4, -0.2) is 80.5 Å². The van der Waals surface area contributed by atoms with Gasteiger partial charge in [0.2, 0.25) is 0 Å². The van der Waals surface area contributed by atoms with Crippen LogP contribution in [0, 0.1) is 23.5 Å². The number of hydrogen-bond donors (Lipinski definition) is 1. The molecule has 0 spiro atoms. The number of halogens is 2. The number of benzene rings is 1. The summed E-state index contributed by atoms with van der Waals surface area (Å²) in [6.45, 7) is 4.24. The lowest BCUT2D eigenvalue weighted by molar-refractivity contribution is 0.0264. The number of amides is 1. The van der Waals surface area contributed by atoms with Crippen LogP contribution in [0.25, 0.3) is 0 Å². The van der Waals surface area contributed by atoms with E-state index in [1.54, 1.807) is 0 Å². The largest absolute Gasteiger partial charge is 0.494 e. The van der Waals surface area contributed by atoms with Gasteiger partial charge in [-0.15, -0.1) is 0 Å². The van der Waals surface area contributed by atoms with Gasteiger partial charge in [0, 0.05) is 45.2 Å². The summed E-state index contributed by atoms with van der Waals surface area (Å²) in [7, 11) is 1.26. The zero-order valence-electron chi connectivity index (χ0n) is 14.8. The first-order valence-corrected chi connectivity index (χ1v) is 8.77. The topological polar surface area (TPSA) is 62.2 Å². The summed E-state index contributed by atoms with van der Waals surface area (Å²) < 4.78 is 38.7. The molecule has 144 valence electrons. The Morgan fingerprint density at radius 2 is 1.96 bits per heavy atom. The Labute approximate surface area is 151 Å². The molecular formula is C18H24F2N2O4. The first kappa shape index (κ1) is 19.0. The summed E-state index contributed by atoms with van der Waals surface area (Å²) in [4.78, 5) is 16.4. The van der Waals surface area contributed by atoms with E-state index in [2.05, 4.69) is 4.90 Å². The third-order valence-electron chi connectivity index (χ3n) is 5.18. The molecule has 0 bridgehead atoms. The summed E-state index contributed by atoms with van der Waals surface area (Å²) in [5.74, 6) is -2.84. The fourth-order valence-electron chi connectivity index (χ4n) is 3.68. The van der Waals surface area contributed by atoms with Crippen molar-refractivity contribution in [2.75, 3.05) is 59.7 Å². The molecule has 2 heterocycles. The van der Waals surface area contributed by atoms with Crippen LogP contribution in [0.1, 0.15) is 10.4 Å². The van der Waals surface area contributed by atoms with Gasteiger partial charge >= 0.3 is 0 Å². The number of ether oxygens (including phenoxy) is 2. The number of hydrogen-bond acceptors (Lipinski definition) is 5. The molecule has 3 rings (SSSR count). The Morgan fingerprint density at radius 1 is 1.27 bits per heavy atom. The van der Waals surface area contributed by atoms with Crippen molar-refractivity contribution < 1.29 is 28.2 Å². The van der Waals surface area contributed by atoms with Crippen LogP contribution in [-0.2, 0) is 4.74 Å². The third kappa shape index (κ3) is 3.82. The SMILES string of the molecule is COc1ccc(F)c(C(=O)N2C[C@@H](CN3CCOCC3)[C@@H](CO)C2)c1F. The Morgan fingerprint density at radius 3 is 2.62 bits per heavy atom. The van der Waals surface area contributed by atoms with Crippen LogP contribution >= 0.6 is 0 Å². The normalized spacial score (nSPS) is 24.1. The molecule has 8 heteroatoms. The van der Waals surface area contributed by atoms with E-state index in [-0.39, 0.29) is 30.7 Å². The molecule has 0 radical (unpaired) electrons. The van der Waals surface area contributed by atoms with Gasteiger partial charge in [-0.2, -0.15) is 0 Å². The quantitative estimate of drug-likeness (QED) is 0.838. The van der Waals surface area contributed by atoms with E-state index in [1.165, 1.54) is 12.0 Å². The molecular weight excluding hydrogens is 346 g/mol. The average molecular weight is 370 g/mol. The van der Waals surface area contributed by atoms with E-state index in [0.29, 0.717) is 19.8 Å². The highest BCUT2D eigenvalue weighted by molar-refractivity contribution is 5.95. The zero-order valence-corrected chi connectivity index (χ0v) is 14.8. The summed E-state index contributed by atoms with van der Waals surface area (Å²) in [6.07, 6.45) is 0.